The molecule has 0 aromatic heterocycles. The summed E-state index contributed by atoms with van der Waals surface area (Å²) in [4.78, 5) is 49.8. The van der Waals surface area contributed by atoms with Gasteiger partial charge >= 0.3 is 5.97 Å². The Kier molecular flexibility index (Phi) is 7.09. The number of hydrogen-bond donors (Lipinski definition) is 1. The lowest BCUT2D eigenvalue weighted by Gasteiger charge is -2.18. The number of amides is 3. The molecule has 160 valence electrons. The first-order chi connectivity index (χ1) is 14.9. The minimum atomic E-state index is -1.03. The number of para-hydroxylation sites is 2. The average molecular weight is 440 g/mol. The topological polar surface area (TPSA) is 102 Å². The number of imide groups is 1. The quantitative estimate of drug-likeness (QED) is 0.521. The van der Waals surface area contributed by atoms with Gasteiger partial charge in [0, 0.05) is 11.3 Å². The van der Waals surface area contributed by atoms with Crippen LogP contribution in [0.2, 0.25) is 0 Å². The van der Waals surface area contributed by atoms with Gasteiger partial charge < -0.3 is 14.8 Å². The van der Waals surface area contributed by atoms with E-state index in [9.17, 15) is 19.2 Å². The van der Waals surface area contributed by atoms with E-state index in [1.54, 1.807) is 48.5 Å². The van der Waals surface area contributed by atoms with Gasteiger partial charge in [-0.05, 0) is 43.0 Å². The summed E-state index contributed by atoms with van der Waals surface area (Å²) in [6.45, 7) is 1.19. The van der Waals surface area contributed by atoms with Gasteiger partial charge in [-0.1, -0.05) is 36.4 Å². The van der Waals surface area contributed by atoms with Gasteiger partial charge in [0.05, 0.1) is 12.0 Å². The molecule has 3 rings (SSSR count). The first-order valence-electron chi connectivity index (χ1n) is 9.32. The van der Waals surface area contributed by atoms with Gasteiger partial charge in [0.1, 0.15) is 11.8 Å². The van der Waals surface area contributed by atoms with Crippen molar-refractivity contribution in [2.75, 3.05) is 19.0 Å². The highest BCUT2D eigenvalue weighted by atomic mass is 32.2. The van der Waals surface area contributed by atoms with Gasteiger partial charge in [0.2, 0.25) is 0 Å². The number of carbonyl (C=O) groups is 4. The number of benzene rings is 2. The fraction of sp³-hybridized carbons (Fsp3) is 0.182. The second-order valence-corrected chi connectivity index (χ2v) is 7.48. The number of hydrogen-bond acceptors (Lipinski definition) is 7. The molecule has 0 bridgehead atoms. The lowest BCUT2D eigenvalue weighted by atomic mass is 10.1. The maximum absolute atomic E-state index is 12.7. The summed E-state index contributed by atoms with van der Waals surface area (Å²) in [5.41, 5.74) is 1.17. The minimum absolute atomic E-state index is 0.144. The van der Waals surface area contributed by atoms with E-state index in [2.05, 4.69) is 10.1 Å². The molecule has 1 aliphatic heterocycles. The lowest BCUT2D eigenvalue weighted by Crippen LogP contribution is -2.42. The third kappa shape index (κ3) is 5.32. The average Bonchev–Trinajstić information content (AvgIpc) is 3.05. The van der Waals surface area contributed by atoms with Crippen LogP contribution in [0.4, 0.5) is 10.5 Å². The molecule has 1 heterocycles. The van der Waals surface area contributed by atoms with E-state index in [1.165, 1.54) is 20.1 Å². The van der Waals surface area contributed by atoms with E-state index >= 15 is 0 Å². The van der Waals surface area contributed by atoms with Gasteiger partial charge in [0.15, 0.2) is 6.61 Å². The molecular weight excluding hydrogens is 420 g/mol. The van der Waals surface area contributed by atoms with Crippen molar-refractivity contribution in [2.45, 2.75) is 13.0 Å². The van der Waals surface area contributed by atoms with Crippen LogP contribution in [0.3, 0.4) is 0 Å². The molecule has 9 heteroatoms. The van der Waals surface area contributed by atoms with Crippen molar-refractivity contribution in [2.24, 2.45) is 0 Å². The van der Waals surface area contributed by atoms with Crippen LogP contribution in [0.5, 0.6) is 5.75 Å². The van der Waals surface area contributed by atoms with Gasteiger partial charge in [0.25, 0.3) is 17.1 Å². The zero-order chi connectivity index (χ0) is 22.4. The Hall–Kier alpha value is -3.59. The maximum Gasteiger partial charge on any atom is 0.328 e. The zero-order valence-corrected chi connectivity index (χ0v) is 17.7. The highest BCUT2D eigenvalue weighted by Crippen LogP contribution is 2.35. The first-order valence-corrected chi connectivity index (χ1v) is 10.1. The molecule has 0 radical (unpaired) electrons. The number of nitrogens with one attached hydrogen (secondary N) is 1. The van der Waals surface area contributed by atoms with E-state index < -0.39 is 23.2 Å². The smallest absolute Gasteiger partial charge is 0.328 e. The van der Waals surface area contributed by atoms with Gasteiger partial charge in [-0.3, -0.25) is 19.3 Å². The number of methoxy groups -OCH3 is 1. The van der Waals surface area contributed by atoms with Crippen LogP contribution in [0.15, 0.2) is 59.5 Å². The van der Waals surface area contributed by atoms with E-state index in [-0.39, 0.29) is 17.4 Å². The largest absolute Gasteiger partial charge is 0.483 e. The fourth-order valence-corrected chi connectivity index (χ4v) is 3.72. The van der Waals surface area contributed by atoms with Crippen molar-refractivity contribution in [1.82, 2.24) is 4.90 Å². The summed E-state index contributed by atoms with van der Waals surface area (Å²) in [7, 11) is 1.19. The van der Waals surface area contributed by atoms with Crippen molar-refractivity contribution in [3.63, 3.8) is 0 Å². The molecule has 1 N–H and O–H groups in total. The molecule has 1 atom stereocenters. The third-order valence-corrected chi connectivity index (χ3v) is 5.26. The molecule has 2 aromatic rings. The van der Waals surface area contributed by atoms with Crippen LogP contribution in [0.1, 0.15) is 12.5 Å². The molecule has 8 nitrogen and oxygen atoms in total. The number of rotatable bonds is 7. The molecule has 1 aliphatic rings. The Labute approximate surface area is 183 Å². The monoisotopic (exact) mass is 440 g/mol. The zero-order valence-electron chi connectivity index (χ0n) is 16.9. The highest BCUT2D eigenvalue weighted by Gasteiger charge is 2.41. The molecule has 0 saturated carbocycles. The SMILES string of the molecule is COC(=O)C(C)N1C(=O)S/C(=C/c2ccccc2OCC(=O)Nc2ccccc2)C1=O. The number of ether oxygens (including phenoxy) is 2. The Morgan fingerprint density at radius 3 is 2.48 bits per heavy atom. The second kappa shape index (κ2) is 9.94. The van der Waals surface area contributed by atoms with Crippen molar-refractivity contribution in [3.8, 4) is 5.75 Å². The Bertz CT molecular complexity index is 1040. The van der Waals surface area contributed by atoms with Gasteiger partial charge in [-0.25, -0.2) is 4.79 Å². The van der Waals surface area contributed by atoms with Crippen LogP contribution >= 0.6 is 11.8 Å². The number of thioether (sulfide) groups is 1. The summed E-state index contributed by atoms with van der Waals surface area (Å²) in [6, 6.07) is 14.8. The van der Waals surface area contributed by atoms with E-state index in [4.69, 9.17) is 4.74 Å². The fourth-order valence-electron chi connectivity index (χ4n) is 2.82. The molecule has 1 unspecified atom stereocenters. The van der Waals surface area contributed by atoms with E-state index in [1.807, 2.05) is 6.07 Å². The summed E-state index contributed by atoms with van der Waals surface area (Å²) in [6.07, 6.45) is 1.50. The molecular formula is C22H20N2O6S. The van der Waals surface area contributed by atoms with Crippen LogP contribution < -0.4 is 10.1 Å². The van der Waals surface area contributed by atoms with Crippen molar-refractivity contribution >= 4 is 46.5 Å². The van der Waals surface area contributed by atoms with Gasteiger partial charge in [-0.2, -0.15) is 0 Å². The minimum Gasteiger partial charge on any atom is -0.483 e. The molecule has 0 aliphatic carbocycles. The maximum atomic E-state index is 12.7. The predicted octanol–water partition coefficient (Wildman–Crippen LogP) is 3.30. The highest BCUT2D eigenvalue weighted by molar-refractivity contribution is 8.18. The summed E-state index contributed by atoms with van der Waals surface area (Å²) < 4.78 is 10.2. The van der Waals surface area contributed by atoms with Gasteiger partial charge in [-0.15, -0.1) is 0 Å². The first kappa shape index (κ1) is 22.1. The molecule has 1 fully saturated rings. The predicted molar refractivity (Wildman–Crippen MR) is 116 cm³/mol. The molecule has 1 saturated heterocycles. The molecule has 2 aromatic carbocycles. The normalized spacial score (nSPS) is 15.7. The van der Waals surface area contributed by atoms with Crippen molar-refractivity contribution in [1.29, 1.82) is 0 Å². The number of nitrogens with zero attached hydrogens (tertiary/aromatic N) is 1. The van der Waals surface area contributed by atoms with Crippen molar-refractivity contribution in [3.05, 3.63) is 65.1 Å². The molecule has 3 amide bonds. The summed E-state index contributed by atoms with van der Waals surface area (Å²) >= 11 is 0.724. The molecule has 0 spiro atoms. The standard InChI is InChI=1S/C22H20N2O6S/c1-14(21(27)29-2)24-20(26)18(31-22(24)28)12-15-8-6-7-11-17(15)30-13-19(25)23-16-9-4-3-5-10-16/h3-12,14H,13H2,1-2H3,(H,23,25)/b18-12+. The number of carbonyl (C=O) groups excluding carboxylic acids is 4. The Morgan fingerprint density at radius 1 is 1.10 bits per heavy atom. The Morgan fingerprint density at radius 2 is 1.77 bits per heavy atom. The summed E-state index contributed by atoms with van der Waals surface area (Å²) in [5.74, 6) is -1.24. The second-order valence-electron chi connectivity index (χ2n) is 6.49. The van der Waals surface area contributed by atoms with Crippen LogP contribution in [-0.4, -0.2) is 47.7 Å². The van der Waals surface area contributed by atoms with Crippen molar-refractivity contribution < 1.29 is 28.7 Å². The number of esters is 1. The Balaban J connectivity index is 1.72. The van der Waals surface area contributed by atoms with E-state index in [0.717, 1.165) is 16.7 Å². The van der Waals surface area contributed by atoms with Crippen LogP contribution in [-0.2, 0) is 19.1 Å². The lowest BCUT2D eigenvalue weighted by molar-refractivity contribution is -0.148. The number of anilines is 1. The molecule has 31 heavy (non-hydrogen) atoms. The van der Waals surface area contributed by atoms with Crippen LogP contribution in [0.25, 0.3) is 6.08 Å². The van der Waals surface area contributed by atoms with E-state index in [0.29, 0.717) is 17.0 Å². The summed E-state index contributed by atoms with van der Waals surface area (Å²) in [5, 5.41) is 2.16. The van der Waals surface area contributed by atoms with Crippen LogP contribution in [0, 0.1) is 0 Å². The third-order valence-electron chi connectivity index (χ3n) is 4.38.